The van der Waals surface area contributed by atoms with E-state index < -0.39 is 0 Å². The van der Waals surface area contributed by atoms with Crippen LogP contribution in [-0.2, 0) is 11.3 Å². The van der Waals surface area contributed by atoms with E-state index in [2.05, 4.69) is 13.0 Å². The minimum atomic E-state index is 0.00126. The van der Waals surface area contributed by atoms with E-state index in [0.717, 1.165) is 45.1 Å². The lowest BCUT2D eigenvalue weighted by molar-refractivity contribution is -0.132. The summed E-state index contributed by atoms with van der Waals surface area (Å²) in [4.78, 5) is 33.1. The number of rotatable bonds is 7. The van der Waals surface area contributed by atoms with Crippen LogP contribution in [0.3, 0.4) is 0 Å². The second kappa shape index (κ2) is 10.5. The predicted molar refractivity (Wildman–Crippen MR) is 128 cm³/mol. The Morgan fingerprint density at radius 3 is 2.87 bits per heavy atom. The molecule has 2 aliphatic rings. The number of thioether (sulfide) groups is 1. The van der Waals surface area contributed by atoms with Gasteiger partial charge in [-0.1, -0.05) is 42.5 Å². The number of likely N-dealkylation sites (tertiary alicyclic amines) is 1. The molecule has 4 rings (SSSR count). The first kappa shape index (κ1) is 22.1. The number of carbonyl (C=O) groups excluding carboxylic acids is 1. The minimum Gasteiger partial charge on any atom is -0.339 e. The van der Waals surface area contributed by atoms with Gasteiger partial charge >= 0.3 is 0 Å². The Kier molecular flexibility index (Phi) is 7.49. The van der Waals surface area contributed by atoms with Crippen molar-refractivity contribution in [3.05, 3.63) is 46.3 Å². The van der Waals surface area contributed by atoms with Gasteiger partial charge in [-0.3, -0.25) is 14.2 Å². The number of hydrogen-bond donors (Lipinski definition) is 0. The molecule has 2 aromatic rings. The number of amides is 1. The van der Waals surface area contributed by atoms with Crippen molar-refractivity contribution in [2.45, 2.75) is 82.5 Å². The van der Waals surface area contributed by atoms with E-state index in [0.29, 0.717) is 34.4 Å². The lowest BCUT2D eigenvalue weighted by atomic mass is 9.97. The SMILES string of the molecule is CCC1CCCCN1C(=O)CSc1nc2ccccc2c(=O)n1CCC1=CCCCC1. The lowest BCUT2D eigenvalue weighted by Gasteiger charge is -2.35. The Morgan fingerprint density at radius 2 is 2.06 bits per heavy atom. The summed E-state index contributed by atoms with van der Waals surface area (Å²) in [6.45, 7) is 3.64. The van der Waals surface area contributed by atoms with Crippen LogP contribution in [0.2, 0.25) is 0 Å². The van der Waals surface area contributed by atoms with Crippen molar-refractivity contribution in [3.63, 3.8) is 0 Å². The van der Waals surface area contributed by atoms with Gasteiger partial charge in [0.15, 0.2) is 5.16 Å². The molecule has 31 heavy (non-hydrogen) atoms. The van der Waals surface area contributed by atoms with Gasteiger partial charge in [0.05, 0.1) is 16.7 Å². The van der Waals surface area contributed by atoms with Crippen LogP contribution >= 0.6 is 11.8 Å². The van der Waals surface area contributed by atoms with Crippen LogP contribution in [-0.4, -0.2) is 38.7 Å². The lowest BCUT2D eigenvalue weighted by Crippen LogP contribution is -2.44. The number of carbonyl (C=O) groups is 1. The van der Waals surface area contributed by atoms with Gasteiger partial charge in [-0.15, -0.1) is 0 Å². The molecule has 1 aliphatic heterocycles. The van der Waals surface area contributed by atoms with Gasteiger partial charge in [0.2, 0.25) is 5.91 Å². The number of allylic oxidation sites excluding steroid dienone is 2. The number of hydrogen-bond acceptors (Lipinski definition) is 4. The molecule has 0 spiro atoms. The van der Waals surface area contributed by atoms with Crippen LogP contribution < -0.4 is 5.56 Å². The molecule has 2 heterocycles. The van der Waals surface area contributed by atoms with Gasteiger partial charge < -0.3 is 4.90 Å². The van der Waals surface area contributed by atoms with Gasteiger partial charge in [0.25, 0.3) is 5.56 Å². The number of fused-ring (bicyclic) bond motifs is 1. The second-order valence-electron chi connectivity index (χ2n) is 8.66. The highest BCUT2D eigenvalue weighted by molar-refractivity contribution is 7.99. The number of nitrogens with zero attached hydrogens (tertiary/aromatic N) is 3. The second-order valence-corrected chi connectivity index (χ2v) is 9.60. The first-order chi connectivity index (χ1) is 15.2. The summed E-state index contributed by atoms with van der Waals surface area (Å²) in [6, 6.07) is 7.88. The fraction of sp³-hybridized carbons (Fsp3) is 0.560. The van der Waals surface area contributed by atoms with E-state index >= 15 is 0 Å². The molecule has 0 N–H and O–H groups in total. The van der Waals surface area contributed by atoms with Crippen molar-refractivity contribution in [1.82, 2.24) is 14.5 Å². The van der Waals surface area contributed by atoms with E-state index in [1.54, 1.807) is 4.57 Å². The van der Waals surface area contributed by atoms with Crippen LogP contribution in [0.4, 0.5) is 0 Å². The number of benzene rings is 1. The Bertz CT molecular complexity index is 1010. The number of piperidine rings is 1. The van der Waals surface area contributed by atoms with E-state index in [-0.39, 0.29) is 11.5 Å². The molecular formula is C25H33N3O2S. The first-order valence-electron chi connectivity index (χ1n) is 11.8. The molecule has 0 bridgehead atoms. The molecule has 1 unspecified atom stereocenters. The molecule has 0 saturated carbocycles. The molecule has 1 aromatic carbocycles. The zero-order chi connectivity index (χ0) is 21.6. The third kappa shape index (κ3) is 5.22. The smallest absolute Gasteiger partial charge is 0.262 e. The summed E-state index contributed by atoms with van der Waals surface area (Å²) in [7, 11) is 0. The highest BCUT2D eigenvalue weighted by Crippen LogP contribution is 2.25. The molecule has 6 heteroatoms. The highest BCUT2D eigenvalue weighted by atomic mass is 32.2. The standard InChI is InChI=1S/C25H33N3O2S/c1-2-20-12-8-9-16-27(20)23(29)18-31-25-26-22-14-7-6-13-21(22)24(30)28(25)17-15-19-10-4-3-5-11-19/h6-7,10,13-14,20H,2-5,8-9,11-12,15-18H2,1H3. The largest absolute Gasteiger partial charge is 0.339 e. The molecule has 1 atom stereocenters. The maximum absolute atomic E-state index is 13.3. The molecule has 1 aromatic heterocycles. The predicted octanol–water partition coefficient (Wildman–Crippen LogP) is 5.17. The topological polar surface area (TPSA) is 55.2 Å². The summed E-state index contributed by atoms with van der Waals surface area (Å²) in [5.41, 5.74) is 2.15. The Balaban J connectivity index is 1.55. The van der Waals surface area contributed by atoms with Gasteiger partial charge in [0.1, 0.15) is 0 Å². The van der Waals surface area contributed by atoms with Crippen molar-refractivity contribution >= 4 is 28.6 Å². The first-order valence-corrected chi connectivity index (χ1v) is 12.8. The van der Waals surface area contributed by atoms with E-state index in [4.69, 9.17) is 4.98 Å². The van der Waals surface area contributed by atoms with Gasteiger partial charge in [-0.05, 0) is 69.9 Å². The van der Waals surface area contributed by atoms with Crippen LogP contribution in [0.25, 0.3) is 10.9 Å². The van der Waals surface area contributed by atoms with E-state index in [1.807, 2.05) is 29.2 Å². The maximum atomic E-state index is 13.3. The van der Waals surface area contributed by atoms with Crippen LogP contribution in [0, 0.1) is 0 Å². The van der Waals surface area contributed by atoms with Crippen molar-refractivity contribution in [2.24, 2.45) is 0 Å². The van der Waals surface area contributed by atoms with E-state index in [9.17, 15) is 9.59 Å². The monoisotopic (exact) mass is 439 g/mol. The van der Waals surface area contributed by atoms with Crippen molar-refractivity contribution in [2.75, 3.05) is 12.3 Å². The Labute approximate surface area is 188 Å². The third-order valence-electron chi connectivity index (χ3n) is 6.61. The Hall–Kier alpha value is -2.08. The zero-order valence-electron chi connectivity index (χ0n) is 18.5. The normalized spacial score (nSPS) is 19.5. The van der Waals surface area contributed by atoms with Gasteiger partial charge in [0, 0.05) is 19.1 Å². The molecule has 166 valence electrons. The summed E-state index contributed by atoms with van der Waals surface area (Å²) in [6.07, 6.45) is 12.4. The van der Waals surface area contributed by atoms with Crippen molar-refractivity contribution in [3.8, 4) is 0 Å². The zero-order valence-corrected chi connectivity index (χ0v) is 19.3. The van der Waals surface area contributed by atoms with Gasteiger partial charge in [-0.25, -0.2) is 4.98 Å². The fourth-order valence-electron chi connectivity index (χ4n) is 4.80. The fourth-order valence-corrected chi connectivity index (χ4v) is 5.72. The van der Waals surface area contributed by atoms with Crippen LogP contribution in [0.1, 0.15) is 64.7 Å². The summed E-state index contributed by atoms with van der Waals surface area (Å²) < 4.78 is 1.79. The molecule has 5 nitrogen and oxygen atoms in total. The average Bonchev–Trinajstić information content (AvgIpc) is 2.82. The Morgan fingerprint density at radius 1 is 1.19 bits per heavy atom. The average molecular weight is 440 g/mol. The van der Waals surface area contributed by atoms with Crippen molar-refractivity contribution < 1.29 is 4.79 Å². The summed E-state index contributed by atoms with van der Waals surface area (Å²) >= 11 is 1.42. The van der Waals surface area contributed by atoms with Crippen molar-refractivity contribution in [1.29, 1.82) is 0 Å². The van der Waals surface area contributed by atoms with Gasteiger partial charge in [-0.2, -0.15) is 0 Å². The molecular weight excluding hydrogens is 406 g/mol. The molecule has 1 amide bonds. The van der Waals surface area contributed by atoms with Crippen LogP contribution in [0.15, 0.2) is 45.9 Å². The highest BCUT2D eigenvalue weighted by Gasteiger charge is 2.25. The van der Waals surface area contributed by atoms with Crippen LogP contribution in [0.5, 0.6) is 0 Å². The summed E-state index contributed by atoms with van der Waals surface area (Å²) in [5.74, 6) is 0.504. The molecule has 0 radical (unpaired) electrons. The molecule has 1 aliphatic carbocycles. The maximum Gasteiger partial charge on any atom is 0.262 e. The molecule has 1 saturated heterocycles. The van der Waals surface area contributed by atoms with E-state index in [1.165, 1.54) is 36.6 Å². The quantitative estimate of drug-likeness (QED) is 0.339. The number of aromatic nitrogens is 2. The minimum absolute atomic E-state index is 0.00126. The third-order valence-corrected chi connectivity index (χ3v) is 7.57. The molecule has 1 fully saturated rings. The number of para-hydroxylation sites is 1. The summed E-state index contributed by atoms with van der Waals surface area (Å²) in [5, 5.41) is 1.32.